The lowest BCUT2D eigenvalue weighted by Crippen LogP contribution is -2.09. The van der Waals surface area contributed by atoms with Gasteiger partial charge in [-0.1, -0.05) is 22.9 Å². The van der Waals surface area contributed by atoms with Crippen molar-refractivity contribution in [3.05, 3.63) is 58.9 Å². The number of aromatic hydroxyl groups is 2. The molecule has 2 aromatic heterocycles. The van der Waals surface area contributed by atoms with Gasteiger partial charge in [0.15, 0.2) is 16.7 Å². The van der Waals surface area contributed by atoms with Crippen LogP contribution in [0.3, 0.4) is 0 Å². The zero-order valence-corrected chi connectivity index (χ0v) is 18.9. The Balaban J connectivity index is 1.88. The fourth-order valence-corrected chi connectivity index (χ4v) is 4.69. The molecule has 0 saturated heterocycles. The quantitative estimate of drug-likeness (QED) is 0.264. The zero-order valence-electron chi connectivity index (χ0n) is 17.3. The van der Waals surface area contributed by atoms with E-state index < -0.39 is 29.2 Å². The van der Waals surface area contributed by atoms with Gasteiger partial charge in [0, 0.05) is 11.4 Å². The highest BCUT2D eigenvalue weighted by molar-refractivity contribution is 7.20. The Morgan fingerprint density at radius 2 is 1.88 bits per heavy atom. The molecule has 0 aliphatic heterocycles. The number of benzene rings is 2. The third kappa shape index (κ3) is 4.42. The summed E-state index contributed by atoms with van der Waals surface area (Å²) in [6.45, 7) is 1.83. The van der Waals surface area contributed by atoms with Gasteiger partial charge in [0.25, 0.3) is 0 Å². The molecule has 2 aromatic carbocycles. The standard InChI is InChI=1S/C23H18ClFN2O5S/c1-2-32-18(29)10-9-16(28)19-20(12-3-6-14(25)7-4-12)27(22(31)21(19)30)23-26-15-8-5-13(24)11-17(15)33-23/h3-8,11,30-31H,2,9-10H2,1H3. The van der Waals surface area contributed by atoms with Crippen LogP contribution in [-0.2, 0) is 9.53 Å². The normalized spacial score (nSPS) is 11.1. The van der Waals surface area contributed by atoms with E-state index in [9.17, 15) is 24.2 Å². The van der Waals surface area contributed by atoms with E-state index in [-0.39, 0.29) is 35.8 Å². The topological polar surface area (TPSA) is 102 Å². The molecule has 0 unspecified atom stereocenters. The number of halogens is 2. The van der Waals surface area contributed by atoms with Crippen molar-refractivity contribution in [1.29, 1.82) is 0 Å². The lowest BCUT2D eigenvalue weighted by molar-refractivity contribution is -0.143. The molecule has 4 rings (SSSR count). The van der Waals surface area contributed by atoms with Gasteiger partial charge in [-0.25, -0.2) is 9.37 Å². The van der Waals surface area contributed by atoms with Crippen molar-refractivity contribution in [1.82, 2.24) is 9.55 Å². The summed E-state index contributed by atoms with van der Waals surface area (Å²) in [5.74, 6) is -2.88. The van der Waals surface area contributed by atoms with Crippen LogP contribution in [-0.4, -0.2) is 38.1 Å². The zero-order chi connectivity index (χ0) is 23.7. The molecule has 170 valence electrons. The summed E-state index contributed by atoms with van der Waals surface area (Å²) in [5.41, 5.74) is 0.903. The highest BCUT2D eigenvalue weighted by Gasteiger charge is 2.30. The van der Waals surface area contributed by atoms with Crippen LogP contribution < -0.4 is 0 Å². The molecular formula is C23H18ClFN2O5S. The van der Waals surface area contributed by atoms with E-state index in [1.165, 1.54) is 40.2 Å². The minimum atomic E-state index is -0.652. The van der Waals surface area contributed by atoms with Gasteiger partial charge in [0.2, 0.25) is 5.88 Å². The van der Waals surface area contributed by atoms with Crippen LogP contribution >= 0.6 is 22.9 Å². The number of hydrogen-bond donors (Lipinski definition) is 2. The number of rotatable bonds is 7. The van der Waals surface area contributed by atoms with E-state index >= 15 is 0 Å². The molecule has 0 fully saturated rings. The maximum Gasteiger partial charge on any atom is 0.306 e. The monoisotopic (exact) mass is 488 g/mol. The summed E-state index contributed by atoms with van der Waals surface area (Å²) >= 11 is 7.25. The lowest BCUT2D eigenvalue weighted by atomic mass is 10.0. The molecule has 0 amide bonds. The molecule has 10 heteroatoms. The molecule has 2 heterocycles. The highest BCUT2D eigenvalue weighted by atomic mass is 35.5. The van der Waals surface area contributed by atoms with E-state index in [1.54, 1.807) is 25.1 Å². The minimum absolute atomic E-state index is 0.129. The summed E-state index contributed by atoms with van der Waals surface area (Å²) < 4.78 is 20.4. The fourth-order valence-electron chi connectivity index (χ4n) is 3.43. The largest absolute Gasteiger partial charge is 0.503 e. The second kappa shape index (κ2) is 9.21. The van der Waals surface area contributed by atoms with Gasteiger partial charge in [-0.15, -0.1) is 0 Å². The average Bonchev–Trinajstić information content (AvgIpc) is 3.31. The Morgan fingerprint density at radius 1 is 1.15 bits per heavy atom. The van der Waals surface area contributed by atoms with Crippen LogP contribution in [0, 0.1) is 5.82 Å². The second-order valence-corrected chi connectivity index (χ2v) is 8.52. The number of ether oxygens (including phenoxy) is 1. The Bertz CT molecular complexity index is 1360. The molecule has 0 aliphatic rings. The minimum Gasteiger partial charge on any atom is -0.503 e. The first kappa shape index (κ1) is 22.8. The molecule has 7 nitrogen and oxygen atoms in total. The van der Waals surface area contributed by atoms with Gasteiger partial charge in [0.1, 0.15) is 5.82 Å². The number of fused-ring (bicyclic) bond motifs is 1. The summed E-state index contributed by atoms with van der Waals surface area (Å²) in [5, 5.41) is 22.3. The van der Waals surface area contributed by atoms with Crippen molar-refractivity contribution in [3.8, 4) is 28.0 Å². The number of carbonyl (C=O) groups excluding carboxylic acids is 2. The van der Waals surface area contributed by atoms with E-state index in [0.29, 0.717) is 16.1 Å². The number of ketones is 1. The van der Waals surface area contributed by atoms with Gasteiger partial charge in [-0.2, -0.15) is 0 Å². The smallest absolute Gasteiger partial charge is 0.306 e. The molecule has 0 radical (unpaired) electrons. The van der Waals surface area contributed by atoms with Crippen LogP contribution in [0.15, 0.2) is 42.5 Å². The predicted octanol–water partition coefficient (Wildman–Crippen LogP) is 5.48. The fraction of sp³-hybridized carbons (Fsp3) is 0.174. The van der Waals surface area contributed by atoms with Crippen LogP contribution in [0.1, 0.15) is 30.1 Å². The number of aromatic nitrogens is 2. The van der Waals surface area contributed by atoms with E-state index in [4.69, 9.17) is 16.3 Å². The molecule has 0 bridgehead atoms. The molecule has 0 aliphatic carbocycles. The van der Waals surface area contributed by atoms with Crippen LogP contribution in [0.4, 0.5) is 4.39 Å². The Labute approximate surface area is 196 Å². The van der Waals surface area contributed by atoms with Crippen molar-refractivity contribution in [2.75, 3.05) is 6.61 Å². The predicted molar refractivity (Wildman–Crippen MR) is 123 cm³/mol. The van der Waals surface area contributed by atoms with E-state index in [1.807, 2.05) is 0 Å². The maximum absolute atomic E-state index is 13.6. The Hall–Kier alpha value is -3.43. The average molecular weight is 489 g/mol. The van der Waals surface area contributed by atoms with Gasteiger partial charge in [-0.3, -0.25) is 14.2 Å². The first-order valence-corrected chi connectivity index (χ1v) is 11.2. The highest BCUT2D eigenvalue weighted by Crippen LogP contribution is 2.45. The van der Waals surface area contributed by atoms with Crippen molar-refractivity contribution >= 4 is 44.9 Å². The van der Waals surface area contributed by atoms with Crippen molar-refractivity contribution in [3.63, 3.8) is 0 Å². The van der Waals surface area contributed by atoms with Crippen LogP contribution in [0.25, 0.3) is 26.6 Å². The van der Waals surface area contributed by atoms with E-state index in [0.717, 1.165) is 4.70 Å². The first-order valence-electron chi connectivity index (χ1n) is 9.98. The van der Waals surface area contributed by atoms with Crippen LogP contribution in [0.5, 0.6) is 11.6 Å². The molecule has 33 heavy (non-hydrogen) atoms. The molecule has 0 saturated carbocycles. The maximum atomic E-state index is 13.6. The van der Waals surface area contributed by atoms with Crippen LogP contribution in [0.2, 0.25) is 5.02 Å². The third-order valence-corrected chi connectivity index (χ3v) is 6.15. The number of nitrogens with zero attached hydrogens (tertiary/aromatic N) is 2. The number of Topliss-reactive ketones (excluding diaryl/α,β-unsaturated/α-hetero) is 1. The molecule has 4 aromatic rings. The summed E-state index contributed by atoms with van der Waals surface area (Å²) in [4.78, 5) is 29.3. The number of esters is 1. The summed E-state index contributed by atoms with van der Waals surface area (Å²) in [6.07, 6.45) is -0.444. The van der Waals surface area contributed by atoms with Gasteiger partial charge >= 0.3 is 5.97 Å². The second-order valence-electron chi connectivity index (χ2n) is 7.07. The number of carbonyl (C=O) groups is 2. The van der Waals surface area contributed by atoms with Crippen molar-refractivity contribution < 1.29 is 28.9 Å². The lowest BCUT2D eigenvalue weighted by Gasteiger charge is -2.09. The summed E-state index contributed by atoms with van der Waals surface area (Å²) in [6, 6.07) is 10.3. The van der Waals surface area contributed by atoms with E-state index in [2.05, 4.69) is 4.98 Å². The summed E-state index contributed by atoms with van der Waals surface area (Å²) in [7, 11) is 0. The Morgan fingerprint density at radius 3 is 2.58 bits per heavy atom. The van der Waals surface area contributed by atoms with Crippen molar-refractivity contribution in [2.24, 2.45) is 0 Å². The number of thiazole rings is 1. The van der Waals surface area contributed by atoms with Crippen molar-refractivity contribution in [2.45, 2.75) is 19.8 Å². The SMILES string of the molecule is CCOC(=O)CCC(=O)c1c(O)c(O)n(-c2nc3ccc(Cl)cc3s2)c1-c1ccc(F)cc1. The molecular weight excluding hydrogens is 471 g/mol. The molecule has 2 N–H and O–H groups in total. The first-order chi connectivity index (χ1) is 15.8. The Kier molecular flexibility index (Phi) is 6.35. The number of hydrogen-bond acceptors (Lipinski definition) is 7. The third-order valence-electron chi connectivity index (χ3n) is 4.91. The van der Waals surface area contributed by atoms with Gasteiger partial charge in [0.05, 0.1) is 34.5 Å². The molecule has 0 spiro atoms. The van der Waals surface area contributed by atoms with Gasteiger partial charge in [-0.05, 0) is 55.0 Å². The molecule has 0 atom stereocenters. The van der Waals surface area contributed by atoms with Gasteiger partial charge < -0.3 is 14.9 Å².